The maximum Gasteiger partial charge on any atom is 0.222 e. The molecule has 0 atom stereocenters. The zero-order chi connectivity index (χ0) is 18.9. The minimum Gasteiger partial charge on any atom is -0.496 e. The van der Waals surface area contributed by atoms with Crippen LogP contribution in [0.5, 0.6) is 5.75 Å². The topological polar surface area (TPSA) is 53.6 Å². The van der Waals surface area contributed by atoms with Gasteiger partial charge in [0.05, 0.1) is 7.11 Å². The molecule has 0 aliphatic carbocycles. The molecule has 1 saturated heterocycles. The molecule has 0 spiro atoms. The molecule has 2 aromatic rings. The number of ether oxygens (including phenoxy) is 1. The molecular weight excluding hydrogens is 338 g/mol. The Hall–Kier alpha value is -2.69. The van der Waals surface area contributed by atoms with E-state index in [0.29, 0.717) is 19.5 Å². The Morgan fingerprint density at radius 3 is 2.52 bits per heavy atom. The number of benzene rings is 2. The maximum absolute atomic E-state index is 12.1. The number of nitrogens with zero attached hydrogens (tertiary/aromatic N) is 1. The molecule has 0 bridgehead atoms. The molecule has 1 fully saturated rings. The molecule has 1 aliphatic heterocycles. The van der Waals surface area contributed by atoms with Crippen molar-refractivity contribution in [3.05, 3.63) is 54.1 Å². The molecule has 27 heavy (non-hydrogen) atoms. The highest BCUT2D eigenvalue weighted by molar-refractivity contribution is 5.76. The molecule has 0 saturated carbocycles. The number of carbonyl (C=O) groups excluding carboxylic acids is 1. The molecule has 1 amide bonds. The van der Waals surface area contributed by atoms with Gasteiger partial charge >= 0.3 is 0 Å². The van der Waals surface area contributed by atoms with E-state index < -0.39 is 0 Å². The molecule has 0 aromatic heterocycles. The maximum atomic E-state index is 12.1. The Bertz CT molecular complexity index is 725. The molecule has 5 nitrogen and oxygen atoms in total. The van der Waals surface area contributed by atoms with Gasteiger partial charge in [-0.1, -0.05) is 18.2 Å². The number of carbonyl (C=O) groups is 1. The SMILES string of the molecule is COc1ccccc1CNC(=O)CCNc1ccc(N2CCCCC2)cc1. The van der Waals surface area contributed by atoms with Gasteiger partial charge in [0.2, 0.25) is 5.91 Å². The first kappa shape index (κ1) is 19.1. The Kier molecular flexibility index (Phi) is 6.97. The lowest BCUT2D eigenvalue weighted by atomic mass is 10.1. The van der Waals surface area contributed by atoms with Crippen molar-refractivity contribution in [1.29, 1.82) is 0 Å². The van der Waals surface area contributed by atoms with Gasteiger partial charge in [0.25, 0.3) is 0 Å². The molecule has 2 N–H and O–H groups in total. The summed E-state index contributed by atoms with van der Waals surface area (Å²) in [6.07, 6.45) is 4.34. The van der Waals surface area contributed by atoms with Crippen molar-refractivity contribution in [2.75, 3.05) is 37.0 Å². The summed E-state index contributed by atoms with van der Waals surface area (Å²) in [6, 6.07) is 16.2. The third-order valence-electron chi connectivity index (χ3n) is 4.94. The second kappa shape index (κ2) is 9.86. The van der Waals surface area contributed by atoms with Crippen LogP contribution in [0.25, 0.3) is 0 Å². The van der Waals surface area contributed by atoms with Gasteiger partial charge in [0.1, 0.15) is 5.75 Å². The van der Waals surface area contributed by atoms with Crippen LogP contribution in [0.3, 0.4) is 0 Å². The Morgan fingerprint density at radius 1 is 1.04 bits per heavy atom. The van der Waals surface area contributed by atoms with Crippen LogP contribution in [0.15, 0.2) is 48.5 Å². The lowest BCUT2D eigenvalue weighted by molar-refractivity contribution is -0.121. The molecule has 2 aromatic carbocycles. The van der Waals surface area contributed by atoms with Crippen molar-refractivity contribution in [2.24, 2.45) is 0 Å². The first-order valence-corrected chi connectivity index (χ1v) is 9.74. The van der Waals surface area contributed by atoms with Gasteiger partial charge < -0.3 is 20.3 Å². The van der Waals surface area contributed by atoms with Crippen LogP contribution in [-0.2, 0) is 11.3 Å². The van der Waals surface area contributed by atoms with E-state index in [1.54, 1.807) is 7.11 Å². The molecule has 1 aliphatic rings. The minimum atomic E-state index is 0.0262. The molecule has 144 valence electrons. The molecular formula is C22H29N3O2. The zero-order valence-corrected chi connectivity index (χ0v) is 16.0. The van der Waals surface area contributed by atoms with Crippen molar-refractivity contribution < 1.29 is 9.53 Å². The van der Waals surface area contributed by atoms with Gasteiger partial charge in [-0.3, -0.25) is 4.79 Å². The minimum absolute atomic E-state index is 0.0262. The quantitative estimate of drug-likeness (QED) is 0.745. The fourth-order valence-corrected chi connectivity index (χ4v) is 3.39. The van der Waals surface area contributed by atoms with Crippen LogP contribution in [-0.4, -0.2) is 32.7 Å². The fourth-order valence-electron chi connectivity index (χ4n) is 3.39. The highest BCUT2D eigenvalue weighted by atomic mass is 16.5. The molecule has 5 heteroatoms. The summed E-state index contributed by atoms with van der Waals surface area (Å²) in [6.45, 7) is 3.40. The van der Waals surface area contributed by atoms with Crippen LogP contribution < -0.4 is 20.3 Å². The van der Waals surface area contributed by atoms with Crippen LogP contribution in [0, 0.1) is 0 Å². The molecule has 3 rings (SSSR count). The predicted molar refractivity (Wildman–Crippen MR) is 110 cm³/mol. The van der Waals surface area contributed by atoms with Gasteiger partial charge in [-0.25, -0.2) is 0 Å². The molecule has 0 radical (unpaired) electrons. The van der Waals surface area contributed by atoms with Gasteiger partial charge in [-0.15, -0.1) is 0 Å². The standard InChI is InChI=1S/C22H29N3O2/c1-27-21-8-4-3-7-18(21)17-24-22(26)13-14-23-19-9-11-20(12-10-19)25-15-5-2-6-16-25/h3-4,7-12,23H,2,5-6,13-17H2,1H3,(H,24,26). The predicted octanol–water partition coefficient (Wildman–Crippen LogP) is 3.80. The first-order valence-electron chi connectivity index (χ1n) is 9.74. The second-order valence-corrected chi connectivity index (χ2v) is 6.86. The molecule has 0 unspecified atom stereocenters. The average molecular weight is 367 g/mol. The second-order valence-electron chi connectivity index (χ2n) is 6.86. The van der Waals surface area contributed by atoms with Crippen molar-refractivity contribution >= 4 is 17.3 Å². The van der Waals surface area contributed by atoms with Crippen molar-refractivity contribution in [3.63, 3.8) is 0 Å². The third kappa shape index (κ3) is 5.64. The van der Waals surface area contributed by atoms with Gasteiger partial charge in [0.15, 0.2) is 0 Å². The fraction of sp³-hybridized carbons (Fsp3) is 0.409. The first-order chi connectivity index (χ1) is 13.3. The Balaban J connectivity index is 1.39. The molecule has 1 heterocycles. The normalized spacial score (nSPS) is 13.9. The van der Waals surface area contributed by atoms with E-state index in [4.69, 9.17) is 4.74 Å². The van der Waals surface area contributed by atoms with E-state index in [9.17, 15) is 4.79 Å². The van der Waals surface area contributed by atoms with Crippen LogP contribution in [0.1, 0.15) is 31.2 Å². The van der Waals surface area contributed by atoms with Crippen LogP contribution >= 0.6 is 0 Å². The van der Waals surface area contributed by atoms with Crippen LogP contribution in [0.2, 0.25) is 0 Å². The summed E-state index contributed by atoms with van der Waals surface area (Å²) >= 11 is 0. The van der Waals surface area contributed by atoms with E-state index in [1.165, 1.54) is 24.9 Å². The van der Waals surface area contributed by atoms with Gasteiger partial charge in [-0.2, -0.15) is 0 Å². The van der Waals surface area contributed by atoms with Gasteiger partial charge in [0, 0.05) is 49.5 Å². The highest BCUT2D eigenvalue weighted by Crippen LogP contribution is 2.21. The summed E-state index contributed by atoms with van der Waals surface area (Å²) < 4.78 is 5.30. The van der Waals surface area contributed by atoms with E-state index in [2.05, 4.69) is 39.8 Å². The summed E-state index contributed by atoms with van der Waals surface area (Å²) in [7, 11) is 1.64. The average Bonchev–Trinajstić information content (AvgIpc) is 2.73. The highest BCUT2D eigenvalue weighted by Gasteiger charge is 2.10. The summed E-state index contributed by atoms with van der Waals surface area (Å²) in [5, 5.41) is 6.27. The number of methoxy groups -OCH3 is 1. The summed E-state index contributed by atoms with van der Waals surface area (Å²) in [5.74, 6) is 0.822. The number of piperidine rings is 1. The number of hydrogen-bond donors (Lipinski definition) is 2. The smallest absolute Gasteiger partial charge is 0.222 e. The Morgan fingerprint density at radius 2 is 1.78 bits per heavy atom. The number of para-hydroxylation sites is 1. The van der Waals surface area contributed by atoms with E-state index in [1.807, 2.05) is 24.3 Å². The zero-order valence-electron chi connectivity index (χ0n) is 16.0. The number of rotatable bonds is 8. The van der Waals surface area contributed by atoms with Gasteiger partial charge in [-0.05, 0) is 49.6 Å². The number of hydrogen-bond acceptors (Lipinski definition) is 4. The largest absolute Gasteiger partial charge is 0.496 e. The van der Waals surface area contributed by atoms with E-state index in [0.717, 1.165) is 30.1 Å². The lowest BCUT2D eigenvalue weighted by Gasteiger charge is -2.28. The number of nitrogens with one attached hydrogen (secondary N) is 2. The summed E-state index contributed by atoms with van der Waals surface area (Å²) in [4.78, 5) is 14.5. The van der Waals surface area contributed by atoms with E-state index in [-0.39, 0.29) is 5.91 Å². The van der Waals surface area contributed by atoms with Crippen molar-refractivity contribution in [3.8, 4) is 5.75 Å². The third-order valence-corrected chi connectivity index (χ3v) is 4.94. The monoisotopic (exact) mass is 367 g/mol. The lowest BCUT2D eigenvalue weighted by Crippen LogP contribution is -2.29. The van der Waals surface area contributed by atoms with Crippen molar-refractivity contribution in [1.82, 2.24) is 5.32 Å². The Labute approximate surface area is 161 Å². The van der Waals surface area contributed by atoms with Crippen molar-refractivity contribution in [2.45, 2.75) is 32.2 Å². The number of anilines is 2. The summed E-state index contributed by atoms with van der Waals surface area (Å²) in [5.41, 5.74) is 3.32. The van der Waals surface area contributed by atoms with E-state index >= 15 is 0 Å². The van der Waals surface area contributed by atoms with Crippen LogP contribution in [0.4, 0.5) is 11.4 Å². The number of amides is 1.